The zero-order valence-corrected chi connectivity index (χ0v) is 16.4. The second-order valence-corrected chi connectivity index (χ2v) is 8.10. The lowest BCUT2D eigenvalue weighted by Crippen LogP contribution is -2.47. The predicted octanol–water partition coefficient (Wildman–Crippen LogP) is 4.27. The maximum Gasteiger partial charge on any atom is 0.0615 e. The molecule has 3 nitrogen and oxygen atoms in total. The lowest BCUT2D eigenvalue weighted by Gasteiger charge is -2.36. The number of benzene rings is 2. The van der Waals surface area contributed by atoms with Crippen LogP contribution in [0.4, 0.5) is 5.69 Å². The molecule has 1 saturated heterocycles. The van der Waals surface area contributed by atoms with E-state index in [4.69, 9.17) is 5.11 Å². The van der Waals surface area contributed by atoms with Crippen LogP contribution in [0.5, 0.6) is 0 Å². The van der Waals surface area contributed by atoms with Crippen molar-refractivity contribution in [1.29, 1.82) is 0 Å². The van der Waals surface area contributed by atoms with Crippen LogP contribution in [0.2, 0.25) is 0 Å². The highest BCUT2D eigenvalue weighted by Crippen LogP contribution is 2.34. The van der Waals surface area contributed by atoms with Crippen LogP contribution in [0.1, 0.15) is 10.4 Å². The van der Waals surface area contributed by atoms with Gasteiger partial charge in [0.25, 0.3) is 0 Å². The average Bonchev–Trinajstić information content (AvgIpc) is 3.15. The van der Waals surface area contributed by atoms with Gasteiger partial charge in [0.05, 0.1) is 6.61 Å². The number of aliphatic hydroxyl groups excluding tert-OH is 1. The molecule has 140 valence electrons. The summed E-state index contributed by atoms with van der Waals surface area (Å²) in [4.78, 5) is 6.30. The third-order valence-electron chi connectivity index (χ3n) is 5.22. The fourth-order valence-corrected chi connectivity index (χ4v) is 4.75. The molecule has 4 rings (SSSR count). The van der Waals surface area contributed by atoms with Crippen LogP contribution in [0.15, 0.2) is 60.7 Å². The topological polar surface area (TPSA) is 26.7 Å². The van der Waals surface area contributed by atoms with Crippen molar-refractivity contribution in [3.8, 4) is 0 Å². The summed E-state index contributed by atoms with van der Waals surface area (Å²) in [6, 6.07) is 19.6. The minimum atomic E-state index is 0.0893. The number of rotatable bonds is 6. The van der Waals surface area contributed by atoms with E-state index in [1.54, 1.807) is 17.4 Å². The highest BCUT2D eigenvalue weighted by molar-refractivity contribution is 7.19. The first kappa shape index (κ1) is 18.2. The first-order valence-corrected chi connectivity index (χ1v) is 10.5. The molecule has 0 radical (unpaired) electrons. The number of aliphatic hydroxyl groups is 1. The van der Waals surface area contributed by atoms with Gasteiger partial charge in [-0.25, -0.2) is 0 Å². The van der Waals surface area contributed by atoms with Crippen LogP contribution in [0, 0.1) is 0 Å². The Morgan fingerprint density at radius 2 is 1.78 bits per heavy atom. The van der Waals surface area contributed by atoms with E-state index in [1.165, 1.54) is 26.2 Å². The molecule has 0 saturated carbocycles. The zero-order valence-electron chi connectivity index (χ0n) is 15.6. The van der Waals surface area contributed by atoms with Crippen molar-refractivity contribution in [3.05, 3.63) is 71.1 Å². The number of anilines is 1. The van der Waals surface area contributed by atoms with Crippen molar-refractivity contribution in [1.82, 2.24) is 4.90 Å². The minimum Gasteiger partial charge on any atom is -0.392 e. The van der Waals surface area contributed by atoms with Crippen molar-refractivity contribution in [2.75, 3.05) is 44.2 Å². The summed E-state index contributed by atoms with van der Waals surface area (Å²) in [6.45, 7) is 5.61. The standard InChI is InChI=1S/C23H26N2OS/c26-17-5-8-20-18-21-22(9-4-10-23(21)27-20)25-15-13-24(14-16-25)12-11-19-6-2-1-3-7-19/h1-10,18,26H,11-17H2. The molecule has 0 spiro atoms. The van der Waals surface area contributed by atoms with Gasteiger partial charge < -0.3 is 10.0 Å². The molecule has 2 aromatic carbocycles. The van der Waals surface area contributed by atoms with Crippen LogP contribution in [0.3, 0.4) is 0 Å². The van der Waals surface area contributed by atoms with Crippen LogP contribution in [0.25, 0.3) is 16.2 Å². The fraction of sp³-hybridized carbons (Fsp3) is 0.304. The molecule has 2 heterocycles. The number of hydrogen-bond acceptors (Lipinski definition) is 4. The molecule has 1 aliphatic rings. The lowest BCUT2D eigenvalue weighted by molar-refractivity contribution is 0.261. The van der Waals surface area contributed by atoms with Crippen molar-refractivity contribution in [3.63, 3.8) is 0 Å². The number of nitrogens with zero attached hydrogens (tertiary/aromatic N) is 2. The highest BCUT2D eigenvalue weighted by Gasteiger charge is 2.19. The normalized spacial score (nSPS) is 15.8. The zero-order chi connectivity index (χ0) is 18.5. The molecule has 4 heteroatoms. The summed E-state index contributed by atoms with van der Waals surface area (Å²) in [7, 11) is 0. The van der Waals surface area contributed by atoms with Crippen LogP contribution < -0.4 is 4.90 Å². The Morgan fingerprint density at radius 1 is 0.963 bits per heavy atom. The van der Waals surface area contributed by atoms with Gasteiger partial charge in [-0.1, -0.05) is 42.5 Å². The van der Waals surface area contributed by atoms with E-state index in [0.717, 1.165) is 39.1 Å². The van der Waals surface area contributed by atoms with Crippen molar-refractivity contribution in [2.45, 2.75) is 6.42 Å². The first-order chi connectivity index (χ1) is 13.3. The van der Waals surface area contributed by atoms with Gasteiger partial charge in [-0.05, 0) is 36.3 Å². The molecule has 3 aromatic rings. The Balaban J connectivity index is 1.40. The third kappa shape index (κ3) is 4.41. The van der Waals surface area contributed by atoms with Crippen LogP contribution >= 0.6 is 11.3 Å². The van der Waals surface area contributed by atoms with Gasteiger partial charge >= 0.3 is 0 Å². The first-order valence-electron chi connectivity index (χ1n) is 9.65. The van der Waals surface area contributed by atoms with E-state index in [0.29, 0.717) is 0 Å². The van der Waals surface area contributed by atoms with E-state index in [1.807, 2.05) is 6.08 Å². The number of thiophene rings is 1. The van der Waals surface area contributed by atoms with Gasteiger partial charge in [-0.15, -0.1) is 11.3 Å². The van der Waals surface area contributed by atoms with E-state index in [9.17, 15) is 0 Å². The van der Waals surface area contributed by atoms with Crippen molar-refractivity contribution in [2.24, 2.45) is 0 Å². The Morgan fingerprint density at radius 3 is 2.56 bits per heavy atom. The molecule has 0 amide bonds. The molecular formula is C23H26N2OS. The summed E-state index contributed by atoms with van der Waals surface area (Å²) in [5, 5.41) is 10.3. The van der Waals surface area contributed by atoms with Gasteiger partial charge in [-0.2, -0.15) is 0 Å². The maximum atomic E-state index is 9.01. The SMILES string of the molecule is OCC=Cc1cc2c(N3CCN(CCc4ccccc4)CC3)cccc2s1. The molecule has 0 aliphatic carbocycles. The summed E-state index contributed by atoms with van der Waals surface area (Å²) in [6.07, 6.45) is 4.94. The third-order valence-corrected chi connectivity index (χ3v) is 6.28. The second kappa shape index (κ2) is 8.70. The number of piperazine rings is 1. The van der Waals surface area contributed by atoms with Gasteiger partial charge in [0.2, 0.25) is 0 Å². The second-order valence-electron chi connectivity index (χ2n) is 6.99. The van der Waals surface area contributed by atoms with E-state index in [2.05, 4.69) is 64.4 Å². The predicted molar refractivity (Wildman–Crippen MR) is 117 cm³/mol. The van der Waals surface area contributed by atoms with Gasteiger partial charge in [0, 0.05) is 53.4 Å². The smallest absolute Gasteiger partial charge is 0.0615 e. The number of hydrogen-bond donors (Lipinski definition) is 1. The highest BCUT2D eigenvalue weighted by atomic mass is 32.1. The van der Waals surface area contributed by atoms with Gasteiger partial charge in [-0.3, -0.25) is 4.90 Å². The average molecular weight is 379 g/mol. The Bertz CT molecular complexity index is 895. The fourth-order valence-electron chi connectivity index (χ4n) is 3.74. The molecule has 1 N–H and O–H groups in total. The van der Waals surface area contributed by atoms with E-state index >= 15 is 0 Å². The molecule has 0 unspecified atom stereocenters. The summed E-state index contributed by atoms with van der Waals surface area (Å²) in [5.74, 6) is 0. The molecule has 27 heavy (non-hydrogen) atoms. The Labute approximate surface area is 165 Å². The molecular weight excluding hydrogens is 352 g/mol. The monoisotopic (exact) mass is 378 g/mol. The summed E-state index contributed by atoms with van der Waals surface area (Å²) in [5.41, 5.74) is 2.77. The summed E-state index contributed by atoms with van der Waals surface area (Å²) >= 11 is 1.79. The Kier molecular flexibility index (Phi) is 5.87. The van der Waals surface area contributed by atoms with Crippen molar-refractivity contribution < 1.29 is 5.11 Å². The maximum absolute atomic E-state index is 9.01. The minimum absolute atomic E-state index is 0.0893. The molecule has 1 aliphatic heterocycles. The molecule has 1 fully saturated rings. The largest absolute Gasteiger partial charge is 0.392 e. The molecule has 0 bridgehead atoms. The van der Waals surface area contributed by atoms with Gasteiger partial charge in [0.1, 0.15) is 0 Å². The van der Waals surface area contributed by atoms with Gasteiger partial charge in [0.15, 0.2) is 0 Å². The van der Waals surface area contributed by atoms with Crippen LogP contribution in [-0.2, 0) is 6.42 Å². The molecule has 1 aromatic heterocycles. The summed E-state index contributed by atoms with van der Waals surface area (Å²) < 4.78 is 1.32. The van der Waals surface area contributed by atoms with Crippen molar-refractivity contribution >= 4 is 33.2 Å². The Hall–Kier alpha value is -2.14. The van der Waals surface area contributed by atoms with Crippen LogP contribution in [-0.4, -0.2) is 49.3 Å². The van der Waals surface area contributed by atoms with E-state index in [-0.39, 0.29) is 6.61 Å². The lowest BCUT2D eigenvalue weighted by atomic mass is 10.1. The quantitative estimate of drug-likeness (QED) is 0.694. The number of fused-ring (bicyclic) bond motifs is 1. The van der Waals surface area contributed by atoms with E-state index < -0.39 is 0 Å². The molecule has 0 atom stereocenters.